The van der Waals surface area contributed by atoms with Crippen LogP contribution in [0, 0.1) is 5.82 Å². The van der Waals surface area contributed by atoms with Crippen LogP contribution in [0.1, 0.15) is 10.4 Å². The standard InChI is InChI=1S/C15H17ClFN3O2/c1-18-4-5-19-6-7-20(9-13(19)15(18)22)14(21)11-8-10(16)2-3-12(11)17/h2-3,8,13H,4-7,9H2,1H3. The molecule has 7 heteroatoms. The Balaban J connectivity index is 1.80. The highest BCUT2D eigenvalue weighted by Gasteiger charge is 2.39. The molecule has 22 heavy (non-hydrogen) atoms. The molecule has 2 aliphatic rings. The lowest BCUT2D eigenvalue weighted by Crippen LogP contribution is -2.64. The van der Waals surface area contributed by atoms with Gasteiger partial charge in [-0.1, -0.05) is 11.6 Å². The van der Waals surface area contributed by atoms with Gasteiger partial charge in [-0.2, -0.15) is 0 Å². The van der Waals surface area contributed by atoms with Crippen LogP contribution in [0.15, 0.2) is 18.2 Å². The van der Waals surface area contributed by atoms with E-state index >= 15 is 0 Å². The Morgan fingerprint density at radius 2 is 2.00 bits per heavy atom. The second kappa shape index (κ2) is 5.85. The first kappa shape index (κ1) is 15.2. The Morgan fingerprint density at radius 3 is 2.77 bits per heavy atom. The van der Waals surface area contributed by atoms with Gasteiger partial charge in [0.25, 0.3) is 5.91 Å². The van der Waals surface area contributed by atoms with Crippen LogP contribution in [0.2, 0.25) is 5.02 Å². The summed E-state index contributed by atoms with van der Waals surface area (Å²) in [5.74, 6) is -1.00. The zero-order valence-electron chi connectivity index (χ0n) is 12.3. The molecule has 0 N–H and O–H groups in total. The number of amides is 2. The Bertz CT molecular complexity index is 625. The van der Waals surface area contributed by atoms with Crippen LogP contribution >= 0.6 is 11.6 Å². The zero-order chi connectivity index (χ0) is 15.9. The van der Waals surface area contributed by atoms with Crippen molar-refractivity contribution in [1.82, 2.24) is 14.7 Å². The molecule has 2 amide bonds. The summed E-state index contributed by atoms with van der Waals surface area (Å²) in [5.41, 5.74) is -0.0439. The Hall–Kier alpha value is -1.66. The van der Waals surface area contributed by atoms with E-state index in [9.17, 15) is 14.0 Å². The summed E-state index contributed by atoms with van der Waals surface area (Å²) >= 11 is 5.85. The minimum Gasteiger partial charge on any atom is -0.343 e. The van der Waals surface area contributed by atoms with E-state index in [-0.39, 0.29) is 24.1 Å². The van der Waals surface area contributed by atoms with Crippen molar-refractivity contribution in [3.05, 3.63) is 34.6 Å². The number of halogens is 2. The first-order chi connectivity index (χ1) is 10.5. The van der Waals surface area contributed by atoms with Crippen LogP contribution < -0.4 is 0 Å². The van der Waals surface area contributed by atoms with E-state index in [2.05, 4.69) is 4.90 Å². The Kier molecular flexibility index (Phi) is 4.06. The van der Waals surface area contributed by atoms with E-state index < -0.39 is 11.7 Å². The predicted molar refractivity (Wildman–Crippen MR) is 80.3 cm³/mol. The molecule has 5 nitrogen and oxygen atoms in total. The molecule has 0 bridgehead atoms. The summed E-state index contributed by atoms with van der Waals surface area (Å²) in [6.07, 6.45) is 0. The molecule has 1 aromatic rings. The second-order valence-corrected chi connectivity index (χ2v) is 6.12. The Labute approximate surface area is 133 Å². The highest BCUT2D eigenvalue weighted by Crippen LogP contribution is 2.21. The molecule has 0 saturated carbocycles. The normalized spacial score (nSPS) is 22.7. The third-order valence-electron chi connectivity index (χ3n) is 4.32. The molecule has 0 radical (unpaired) electrons. The summed E-state index contributed by atoms with van der Waals surface area (Å²) in [5, 5.41) is 0.317. The van der Waals surface area contributed by atoms with Gasteiger partial charge in [-0.15, -0.1) is 0 Å². The fourth-order valence-electron chi connectivity index (χ4n) is 2.98. The first-order valence-corrected chi connectivity index (χ1v) is 7.58. The molecule has 118 valence electrons. The van der Waals surface area contributed by atoms with Crippen LogP contribution in [0.4, 0.5) is 4.39 Å². The average Bonchev–Trinajstić information content (AvgIpc) is 2.52. The molecule has 0 aliphatic carbocycles. The highest BCUT2D eigenvalue weighted by atomic mass is 35.5. The molecule has 2 fully saturated rings. The maximum absolute atomic E-state index is 13.9. The highest BCUT2D eigenvalue weighted by molar-refractivity contribution is 6.31. The molecule has 0 spiro atoms. The largest absolute Gasteiger partial charge is 0.343 e. The SMILES string of the molecule is CN1CCN2CCN(C(=O)c3cc(Cl)ccc3F)CC2C1=O. The third-order valence-corrected chi connectivity index (χ3v) is 4.56. The third kappa shape index (κ3) is 2.68. The van der Waals surface area contributed by atoms with E-state index in [1.54, 1.807) is 11.9 Å². The fraction of sp³-hybridized carbons (Fsp3) is 0.467. The summed E-state index contributed by atoms with van der Waals surface area (Å²) in [6.45, 7) is 2.90. The molecule has 2 aliphatic heterocycles. The summed E-state index contributed by atoms with van der Waals surface area (Å²) in [7, 11) is 1.76. The number of carbonyl (C=O) groups is 2. The number of nitrogens with zero attached hydrogens (tertiary/aromatic N) is 3. The molecule has 2 saturated heterocycles. The monoisotopic (exact) mass is 325 g/mol. The van der Waals surface area contributed by atoms with Crippen molar-refractivity contribution in [3.63, 3.8) is 0 Å². The van der Waals surface area contributed by atoms with Gasteiger partial charge in [-0.05, 0) is 18.2 Å². The van der Waals surface area contributed by atoms with E-state index in [4.69, 9.17) is 11.6 Å². The van der Waals surface area contributed by atoms with Crippen LogP contribution in [-0.4, -0.2) is 72.3 Å². The smallest absolute Gasteiger partial charge is 0.256 e. The van der Waals surface area contributed by atoms with E-state index in [0.717, 1.165) is 6.54 Å². The summed E-state index contributed by atoms with van der Waals surface area (Å²) in [4.78, 5) is 30.0. The Morgan fingerprint density at radius 1 is 1.27 bits per heavy atom. The molecular weight excluding hydrogens is 309 g/mol. The van der Waals surface area contributed by atoms with Gasteiger partial charge in [0, 0.05) is 44.8 Å². The number of rotatable bonds is 1. The van der Waals surface area contributed by atoms with Crippen LogP contribution in [0.25, 0.3) is 0 Å². The fourth-order valence-corrected chi connectivity index (χ4v) is 3.15. The average molecular weight is 326 g/mol. The molecule has 2 heterocycles. The van der Waals surface area contributed by atoms with Crippen LogP contribution in [0.3, 0.4) is 0 Å². The second-order valence-electron chi connectivity index (χ2n) is 5.69. The molecule has 1 atom stereocenters. The molecular formula is C15H17ClFN3O2. The molecule has 0 aromatic heterocycles. The summed E-state index contributed by atoms with van der Waals surface area (Å²) < 4.78 is 13.9. The van der Waals surface area contributed by atoms with Crippen molar-refractivity contribution < 1.29 is 14.0 Å². The quantitative estimate of drug-likeness (QED) is 0.776. The zero-order valence-corrected chi connectivity index (χ0v) is 13.0. The lowest BCUT2D eigenvalue weighted by Gasteiger charge is -2.45. The number of hydrogen-bond donors (Lipinski definition) is 0. The maximum Gasteiger partial charge on any atom is 0.256 e. The van der Waals surface area contributed by atoms with Gasteiger partial charge in [0.1, 0.15) is 11.9 Å². The van der Waals surface area contributed by atoms with Crippen molar-refractivity contribution >= 4 is 23.4 Å². The van der Waals surface area contributed by atoms with Gasteiger partial charge in [-0.3, -0.25) is 14.5 Å². The number of likely N-dealkylation sites (N-methyl/N-ethyl adjacent to an activating group) is 1. The lowest BCUT2D eigenvalue weighted by atomic mass is 10.1. The van der Waals surface area contributed by atoms with Gasteiger partial charge >= 0.3 is 0 Å². The number of fused-ring (bicyclic) bond motifs is 1. The van der Waals surface area contributed by atoms with Crippen molar-refractivity contribution in [1.29, 1.82) is 0 Å². The van der Waals surface area contributed by atoms with Gasteiger partial charge in [0.05, 0.1) is 5.56 Å². The van der Waals surface area contributed by atoms with E-state index in [1.165, 1.54) is 23.1 Å². The van der Waals surface area contributed by atoms with Crippen molar-refractivity contribution in [2.75, 3.05) is 39.8 Å². The van der Waals surface area contributed by atoms with Gasteiger partial charge < -0.3 is 9.80 Å². The number of piperazine rings is 2. The topological polar surface area (TPSA) is 43.9 Å². The number of carbonyl (C=O) groups excluding carboxylic acids is 2. The number of benzene rings is 1. The number of hydrogen-bond acceptors (Lipinski definition) is 3. The lowest BCUT2D eigenvalue weighted by molar-refractivity contribution is -0.142. The van der Waals surface area contributed by atoms with Gasteiger partial charge in [-0.25, -0.2) is 4.39 Å². The maximum atomic E-state index is 13.9. The molecule has 1 aromatic carbocycles. The van der Waals surface area contributed by atoms with Crippen molar-refractivity contribution in [2.24, 2.45) is 0 Å². The van der Waals surface area contributed by atoms with E-state index in [1.807, 2.05) is 0 Å². The van der Waals surface area contributed by atoms with Crippen LogP contribution in [-0.2, 0) is 4.79 Å². The molecule has 3 rings (SSSR count). The first-order valence-electron chi connectivity index (χ1n) is 7.20. The van der Waals surface area contributed by atoms with Crippen LogP contribution in [0.5, 0.6) is 0 Å². The molecule has 1 unspecified atom stereocenters. The van der Waals surface area contributed by atoms with Crippen molar-refractivity contribution in [2.45, 2.75) is 6.04 Å². The van der Waals surface area contributed by atoms with E-state index in [0.29, 0.717) is 24.7 Å². The minimum atomic E-state index is -0.594. The summed E-state index contributed by atoms with van der Waals surface area (Å²) in [6, 6.07) is 3.59. The van der Waals surface area contributed by atoms with Gasteiger partial charge in [0.2, 0.25) is 5.91 Å². The predicted octanol–water partition coefficient (Wildman–Crippen LogP) is 1.08. The van der Waals surface area contributed by atoms with Gasteiger partial charge in [0.15, 0.2) is 0 Å². The minimum absolute atomic E-state index is 0.00955. The van der Waals surface area contributed by atoms with Crippen molar-refractivity contribution in [3.8, 4) is 0 Å².